The van der Waals surface area contributed by atoms with Crippen molar-refractivity contribution in [2.45, 2.75) is 45.1 Å². The Labute approximate surface area is 139 Å². The van der Waals surface area contributed by atoms with Gasteiger partial charge in [-0.25, -0.2) is 9.78 Å². The Morgan fingerprint density at radius 1 is 1.30 bits per heavy atom. The molecule has 1 atom stereocenters. The number of carbonyl (C=O) groups is 1. The van der Waals surface area contributed by atoms with Gasteiger partial charge in [0.25, 0.3) is 0 Å². The summed E-state index contributed by atoms with van der Waals surface area (Å²) >= 11 is 0. The van der Waals surface area contributed by atoms with Crippen molar-refractivity contribution in [3.05, 3.63) is 18.7 Å². The van der Waals surface area contributed by atoms with Gasteiger partial charge < -0.3 is 19.7 Å². The van der Waals surface area contributed by atoms with Gasteiger partial charge in [0.15, 0.2) is 0 Å². The zero-order valence-electron chi connectivity index (χ0n) is 14.6. The molecule has 23 heavy (non-hydrogen) atoms. The lowest BCUT2D eigenvalue weighted by Crippen LogP contribution is -2.42. The van der Waals surface area contributed by atoms with Gasteiger partial charge in [-0.2, -0.15) is 0 Å². The molecule has 6 nitrogen and oxygen atoms in total. The van der Waals surface area contributed by atoms with Gasteiger partial charge in [0.05, 0.1) is 6.33 Å². The molecule has 0 radical (unpaired) electrons. The second-order valence-electron chi connectivity index (χ2n) is 6.56. The number of imidazole rings is 1. The predicted molar refractivity (Wildman–Crippen MR) is 92.5 cm³/mol. The fraction of sp³-hybridized carbons (Fsp3) is 0.765. The number of hydrogen-bond donors (Lipinski definition) is 1. The van der Waals surface area contributed by atoms with Crippen LogP contribution < -0.4 is 5.32 Å². The number of amides is 2. The van der Waals surface area contributed by atoms with Gasteiger partial charge in [-0.05, 0) is 39.3 Å². The van der Waals surface area contributed by atoms with E-state index < -0.39 is 0 Å². The maximum atomic E-state index is 12.1. The zero-order valence-corrected chi connectivity index (χ0v) is 14.6. The summed E-state index contributed by atoms with van der Waals surface area (Å²) < 4.78 is 2.06. The van der Waals surface area contributed by atoms with Crippen molar-refractivity contribution in [3.63, 3.8) is 0 Å². The van der Waals surface area contributed by atoms with E-state index in [1.54, 1.807) is 11.1 Å². The van der Waals surface area contributed by atoms with Crippen LogP contribution in [0.3, 0.4) is 0 Å². The maximum absolute atomic E-state index is 12.1. The number of urea groups is 1. The van der Waals surface area contributed by atoms with Gasteiger partial charge in [-0.3, -0.25) is 0 Å². The van der Waals surface area contributed by atoms with E-state index in [-0.39, 0.29) is 6.03 Å². The van der Waals surface area contributed by atoms with Crippen molar-refractivity contribution in [1.29, 1.82) is 0 Å². The Morgan fingerprint density at radius 3 is 2.70 bits per heavy atom. The number of likely N-dealkylation sites (tertiary alicyclic amines) is 1. The van der Waals surface area contributed by atoms with Crippen molar-refractivity contribution in [3.8, 4) is 0 Å². The molecule has 0 bridgehead atoms. The van der Waals surface area contributed by atoms with Crippen LogP contribution in [0.15, 0.2) is 18.7 Å². The molecule has 1 saturated heterocycles. The molecule has 1 aromatic heterocycles. The number of carbonyl (C=O) groups excluding carboxylic acids is 1. The van der Waals surface area contributed by atoms with Gasteiger partial charge in [-0.15, -0.1) is 0 Å². The topological polar surface area (TPSA) is 53.4 Å². The van der Waals surface area contributed by atoms with Crippen molar-refractivity contribution in [1.82, 2.24) is 24.7 Å². The first-order valence-electron chi connectivity index (χ1n) is 8.85. The lowest BCUT2D eigenvalue weighted by molar-refractivity contribution is 0.195. The van der Waals surface area contributed by atoms with Gasteiger partial charge in [-0.1, -0.05) is 12.8 Å². The Bertz CT molecular complexity index is 440. The van der Waals surface area contributed by atoms with Crippen LogP contribution >= 0.6 is 0 Å². The molecule has 0 saturated carbocycles. The molecular weight excluding hydrogens is 290 g/mol. The van der Waals surface area contributed by atoms with Crippen molar-refractivity contribution in [2.24, 2.45) is 0 Å². The molecule has 2 amide bonds. The molecule has 0 spiro atoms. The van der Waals surface area contributed by atoms with Crippen molar-refractivity contribution in [2.75, 3.05) is 39.8 Å². The predicted octanol–water partition coefficient (Wildman–Crippen LogP) is 2.35. The van der Waals surface area contributed by atoms with Crippen LogP contribution in [0.5, 0.6) is 0 Å². The Balaban J connectivity index is 1.60. The quantitative estimate of drug-likeness (QED) is 0.839. The first-order valence-corrected chi connectivity index (χ1v) is 8.85. The molecule has 0 aromatic carbocycles. The highest BCUT2D eigenvalue weighted by atomic mass is 16.2. The normalized spacial score (nSPS) is 17.5. The monoisotopic (exact) mass is 321 g/mol. The summed E-state index contributed by atoms with van der Waals surface area (Å²) in [5.74, 6) is 0. The highest BCUT2D eigenvalue weighted by molar-refractivity contribution is 5.73. The van der Waals surface area contributed by atoms with Crippen molar-refractivity contribution < 1.29 is 4.79 Å². The number of nitrogens with zero attached hydrogens (tertiary/aromatic N) is 4. The van der Waals surface area contributed by atoms with Gasteiger partial charge in [0.1, 0.15) is 0 Å². The molecule has 6 heteroatoms. The summed E-state index contributed by atoms with van der Waals surface area (Å²) in [6.07, 6.45) is 11.8. The summed E-state index contributed by atoms with van der Waals surface area (Å²) in [5.41, 5.74) is 0. The molecule has 1 aromatic rings. The largest absolute Gasteiger partial charge is 0.338 e. The van der Waals surface area contributed by atoms with Crippen LogP contribution in [0.2, 0.25) is 0 Å². The van der Waals surface area contributed by atoms with Crippen LogP contribution in [0.25, 0.3) is 0 Å². The molecule has 1 aliphatic heterocycles. The van der Waals surface area contributed by atoms with E-state index in [9.17, 15) is 4.79 Å². The van der Waals surface area contributed by atoms with Crippen molar-refractivity contribution >= 4 is 6.03 Å². The maximum Gasteiger partial charge on any atom is 0.317 e. The van der Waals surface area contributed by atoms with E-state index in [0.717, 1.165) is 19.5 Å². The number of likely N-dealkylation sites (N-methyl/N-ethyl adjacent to an activating group) is 1. The summed E-state index contributed by atoms with van der Waals surface area (Å²) in [5, 5.41) is 3.01. The number of rotatable bonds is 7. The first-order chi connectivity index (χ1) is 11.2. The zero-order chi connectivity index (χ0) is 16.5. The third-order valence-corrected chi connectivity index (χ3v) is 4.67. The van der Waals surface area contributed by atoms with E-state index >= 15 is 0 Å². The fourth-order valence-electron chi connectivity index (χ4n) is 2.95. The van der Waals surface area contributed by atoms with E-state index in [4.69, 9.17) is 0 Å². The average molecular weight is 321 g/mol. The average Bonchev–Trinajstić information content (AvgIpc) is 2.97. The minimum absolute atomic E-state index is 0.0256. The van der Waals surface area contributed by atoms with Gasteiger partial charge in [0.2, 0.25) is 0 Å². The van der Waals surface area contributed by atoms with Crippen LogP contribution in [0.1, 0.15) is 45.1 Å². The second-order valence-corrected chi connectivity index (χ2v) is 6.56. The highest BCUT2D eigenvalue weighted by Crippen LogP contribution is 2.09. The van der Waals surface area contributed by atoms with Crippen LogP contribution in [-0.2, 0) is 0 Å². The molecule has 130 valence electrons. The minimum Gasteiger partial charge on any atom is -0.338 e. The molecule has 1 aliphatic rings. The number of aromatic nitrogens is 2. The van der Waals surface area contributed by atoms with E-state index in [2.05, 4.69) is 26.7 Å². The molecule has 2 rings (SSSR count). The smallest absolute Gasteiger partial charge is 0.317 e. The lowest BCUT2D eigenvalue weighted by atomic mass is 10.2. The Hall–Kier alpha value is -1.56. The van der Waals surface area contributed by atoms with E-state index in [0.29, 0.717) is 12.6 Å². The van der Waals surface area contributed by atoms with Crippen LogP contribution in [0.4, 0.5) is 4.79 Å². The Morgan fingerprint density at radius 2 is 2.04 bits per heavy atom. The molecular formula is C17H31N5O. The third-order valence-electron chi connectivity index (χ3n) is 4.67. The van der Waals surface area contributed by atoms with E-state index in [1.807, 2.05) is 19.6 Å². The summed E-state index contributed by atoms with van der Waals surface area (Å²) in [4.78, 5) is 20.5. The minimum atomic E-state index is 0.0256. The highest BCUT2D eigenvalue weighted by Gasteiger charge is 2.13. The summed E-state index contributed by atoms with van der Waals surface area (Å²) in [7, 11) is 1.88. The number of hydrogen-bond acceptors (Lipinski definition) is 3. The molecule has 0 unspecified atom stereocenters. The SMILES string of the molecule is C[C@H](CCNC(=O)N(C)CCN1CCCCCC1)n1ccnc1. The standard InChI is InChI=1S/C17H31N5O/c1-16(22-12-9-18-15-22)7-8-19-17(23)20(2)13-14-21-10-5-3-4-6-11-21/h9,12,15-16H,3-8,10-11,13-14H2,1-2H3,(H,19,23)/t16-/m1/s1. The molecule has 1 N–H and O–H groups in total. The van der Waals surface area contributed by atoms with Crippen LogP contribution in [-0.4, -0.2) is 65.2 Å². The first kappa shape index (κ1) is 17.8. The second kappa shape index (κ2) is 9.55. The van der Waals surface area contributed by atoms with Gasteiger partial charge in [0, 0.05) is 45.1 Å². The Kier molecular flexibility index (Phi) is 7.39. The van der Waals surface area contributed by atoms with E-state index in [1.165, 1.54) is 38.8 Å². The molecule has 1 fully saturated rings. The number of nitrogens with one attached hydrogen (secondary N) is 1. The van der Waals surface area contributed by atoms with Crippen LogP contribution in [0, 0.1) is 0 Å². The lowest BCUT2D eigenvalue weighted by Gasteiger charge is -2.24. The molecule has 0 aliphatic carbocycles. The molecule has 2 heterocycles. The third kappa shape index (κ3) is 6.22. The summed E-state index contributed by atoms with van der Waals surface area (Å²) in [6, 6.07) is 0.373. The fourth-order valence-corrected chi connectivity index (χ4v) is 2.95. The summed E-state index contributed by atoms with van der Waals surface area (Å²) in [6.45, 7) is 6.96. The van der Waals surface area contributed by atoms with Gasteiger partial charge >= 0.3 is 6.03 Å².